The van der Waals surface area contributed by atoms with Crippen molar-refractivity contribution in [3.05, 3.63) is 66.2 Å². The number of benzene rings is 2. The van der Waals surface area contributed by atoms with Crippen LogP contribution in [-0.4, -0.2) is 21.0 Å². The standard InChI is InChI=1S/C35H46O3S/c1-24(36)29-16-17-30-28-15-14-26-22-35(37,21-20-33(26,2)31(28)18-19-34(29,30)3)23-32(25-10-6-4-7-11-25)39(38)27-12-8-5-9-13-27/h4-13,26,28-32,37H,14-23H2,1-3H3/t26-,28-,29+,30-,31-,32?,33-,34+,35+,39?/m0/s1. The monoisotopic (exact) mass is 546 g/mol. The van der Waals surface area contributed by atoms with Crippen molar-refractivity contribution in [3.63, 3.8) is 0 Å². The van der Waals surface area contributed by atoms with Crippen LogP contribution in [0.15, 0.2) is 65.6 Å². The zero-order valence-corrected chi connectivity index (χ0v) is 24.8. The highest BCUT2D eigenvalue weighted by Crippen LogP contribution is 2.68. The third-order valence-electron chi connectivity index (χ3n) is 12.3. The van der Waals surface area contributed by atoms with Gasteiger partial charge in [-0.15, -0.1) is 0 Å². The lowest BCUT2D eigenvalue weighted by Crippen LogP contribution is -2.56. The summed E-state index contributed by atoms with van der Waals surface area (Å²) in [4.78, 5) is 13.3. The minimum Gasteiger partial charge on any atom is -0.611 e. The highest BCUT2D eigenvalue weighted by atomic mass is 32.2. The zero-order valence-electron chi connectivity index (χ0n) is 24.0. The van der Waals surface area contributed by atoms with Crippen molar-refractivity contribution in [2.24, 2.45) is 40.4 Å². The molecule has 210 valence electrons. The molecular formula is C35H46O3S. The molecule has 0 saturated heterocycles. The number of carbonyl (C=O) groups excluding carboxylic acids is 1. The molecule has 4 heteroatoms. The van der Waals surface area contributed by atoms with Crippen LogP contribution >= 0.6 is 0 Å². The molecule has 0 bridgehead atoms. The molecule has 0 heterocycles. The summed E-state index contributed by atoms with van der Waals surface area (Å²) in [5.74, 6) is 3.27. The second-order valence-corrected chi connectivity index (χ2v) is 15.7. The average molecular weight is 547 g/mol. The number of hydrogen-bond donors (Lipinski definition) is 1. The summed E-state index contributed by atoms with van der Waals surface area (Å²) in [6, 6.07) is 19.9. The molecule has 4 aliphatic rings. The van der Waals surface area contributed by atoms with Gasteiger partial charge in [0.15, 0.2) is 4.90 Å². The first-order valence-electron chi connectivity index (χ1n) is 15.4. The van der Waals surface area contributed by atoms with Crippen LogP contribution in [0.2, 0.25) is 0 Å². The second kappa shape index (κ2) is 10.3. The fourth-order valence-electron chi connectivity index (χ4n) is 10.2. The van der Waals surface area contributed by atoms with Crippen molar-refractivity contribution < 1.29 is 14.5 Å². The van der Waals surface area contributed by atoms with Crippen molar-refractivity contribution in [1.82, 2.24) is 0 Å². The lowest BCUT2D eigenvalue weighted by atomic mass is 9.43. The first kappa shape index (κ1) is 27.5. The fraction of sp³-hybridized carbons (Fsp3) is 0.629. The Labute approximate surface area is 238 Å². The lowest BCUT2D eigenvalue weighted by molar-refractivity contribution is -0.155. The fourth-order valence-corrected chi connectivity index (χ4v) is 11.8. The van der Waals surface area contributed by atoms with E-state index in [2.05, 4.69) is 26.0 Å². The molecule has 4 aliphatic carbocycles. The molecule has 0 spiro atoms. The van der Waals surface area contributed by atoms with E-state index >= 15 is 0 Å². The van der Waals surface area contributed by atoms with Crippen LogP contribution in [-0.2, 0) is 16.0 Å². The van der Waals surface area contributed by atoms with Crippen LogP contribution in [0.4, 0.5) is 0 Å². The van der Waals surface area contributed by atoms with Crippen LogP contribution in [0.3, 0.4) is 0 Å². The van der Waals surface area contributed by atoms with Crippen molar-refractivity contribution in [2.75, 3.05) is 0 Å². The van der Waals surface area contributed by atoms with Gasteiger partial charge in [0.2, 0.25) is 0 Å². The maximum Gasteiger partial charge on any atom is 0.153 e. The summed E-state index contributed by atoms with van der Waals surface area (Å²) < 4.78 is 13.9. The molecule has 1 N–H and O–H groups in total. The lowest BCUT2D eigenvalue weighted by Gasteiger charge is -2.62. The first-order valence-corrected chi connectivity index (χ1v) is 16.6. The van der Waals surface area contributed by atoms with Crippen LogP contribution in [0.25, 0.3) is 0 Å². The Hall–Kier alpha value is -1.62. The van der Waals surface area contributed by atoms with E-state index < -0.39 is 16.8 Å². The van der Waals surface area contributed by atoms with Gasteiger partial charge >= 0.3 is 0 Å². The number of Topliss-reactive ketones (excluding diaryl/α,β-unsaturated/α-hetero) is 1. The van der Waals surface area contributed by atoms with Gasteiger partial charge in [-0.25, -0.2) is 0 Å². The molecule has 0 amide bonds. The molecule has 3 nitrogen and oxygen atoms in total. The van der Waals surface area contributed by atoms with Gasteiger partial charge in [0, 0.05) is 17.9 Å². The van der Waals surface area contributed by atoms with Crippen molar-refractivity contribution in [2.45, 2.75) is 101 Å². The smallest absolute Gasteiger partial charge is 0.153 e. The van der Waals surface area contributed by atoms with Gasteiger partial charge in [-0.1, -0.05) is 62.4 Å². The average Bonchev–Trinajstić information content (AvgIpc) is 3.30. The van der Waals surface area contributed by atoms with E-state index in [0.29, 0.717) is 30.0 Å². The summed E-state index contributed by atoms with van der Waals surface area (Å²) in [6.07, 6.45) is 10.3. The third kappa shape index (κ3) is 4.73. The number of fused-ring (bicyclic) bond motifs is 5. The van der Waals surface area contributed by atoms with E-state index in [-0.39, 0.29) is 22.0 Å². The molecule has 4 fully saturated rings. The highest BCUT2D eigenvalue weighted by Gasteiger charge is 2.62. The predicted octanol–water partition coefficient (Wildman–Crippen LogP) is 7.90. The van der Waals surface area contributed by atoms with Gasteiger partial charge in [-0.05, 0) is 123 Å². The first-order chi connectivity index (χ1) is 18.6. The Bertz CT molecular complexity index is 1170. The van der Waals surface area contributed by atoms with Crippen molar-refractivity contribution >= 4 is 17.0 Å². The molecular weight excluding hydrogens is 500 g/mol. The molecule has 0 radical (unpaired) electrons. The molecule has 10 atom stereocenters. The number of rotatable bonds is 6. The van der Waals surface area contributed by atoms with E-state index in [9.17, 15) is 14.5 Å². The minimum atomic E-state index is -1.23. The van der Waals surface area contributed by atoms with Crippen LogP contribution in [0.1, 0.15) is 95.8 Å². The molecule has 6 rings (SSSR count). The Kier molecular flexibility index (Phi) is 7.30. The summed E-state index contributed by atoms with van der Waals surface area (Å²) in [5.41, 5.74) is 0.706. The predicted molar refractivity (Wildman–Crippen MR) is 157 cm³/mol. The molecule has 0 aromatic heterocycles. The van der Waals surface area contributed by atoms with E-state index in [1.165, 1.54) is 32.1 Å². The Morgan fingerprint density at radius 1 is 0.897 bits per heavy atom. The molecule has 39 heavy (non-hydrogen) atoms. The van der Waals surface area contributed by atoms with Gasteiger partial charge in [0.05, 0.1) is 5.60 Å². The van der Waals surface area contributed by atoms with Crippen molar-refractivity contribution in [3.8, 4) is 0 Å². The third-order valence-corrected chi connectivity index (χ3v) is 14.0. The number of ketones is 1. The summed E-state index contributed by atoms with van der Waals surface area (Å²) in [5, 5.41) is 11.9. The molecule has 2 aromatic carbocycles. The zero-order chi connectivity index (χ0) is 27.4. The number of aliphatic hydroxyl groups is 1. The summed E-state index contributed by atoms with van der Waals surface area (Å²) in [7, 11) is 0. The summed E-state index contributed by atoms with van der Waals surface area (Å²) in [6.45, 7) is 6.78. The molecule has 2 unspecified atom stereocenters. The minimum absolute atomic E-state index is 0.190. The largest absolute Gasteiger partial charge is 0.611 e. The quantitative estimate of drug-likeness (QED) is 0.375. The van der Waals surface area contributed by atoms with E-state index in [1.54, 1.807) is 0 Å². The maximum atomic E-state index is 13.9. The topological polar surface area (TPSA) is 60.4 Å². The highest BCUT2D eigenvalue weighted by molar-refractivity contribution is 7.91. The van der Waals surface area contributed by atoms with Gasteiger partial charge in [0.25, 0.3) is 0 Å². The van der Waals surface area contributed by atoms with Crippen molar-refractivity contribution in [1.29, 1.82) is 0 Å². The maximum absolute atomic E-state index is 13.9. The Morgan fingerprint density at radius 2 is 1.56 bits per heavy atom. The number of carbonyl (C=O) groups is 1. The summed E-state index contributed by atoms with van der Waals surface area (Å²) >= 11 is -1.23. The molecule has 0 aliphatic heterocycles. The van der Waals surface area contributed by atoms with Crippen LogP contribution in [0, 0.1) is 40.4 Å². The van der Waals surface area contributed by atoms with Gasteiger partial charge in [-0.2, -0.15) is 0 Å². The Balaban J connectivity index is 1.22. The van der Waals surface area contributed by atoms with Gasteiger partial charge in [0.1, 0.15) is 11.0 Å². The van der Waals surface area contributed by atoms with Gasteiger partial charge < -0.3 is 9.66 Å². The van der Waals surface area contributed by atoms with E-state index in [1.807, 2.05) is 55.5 Å². The second-order valence-electron chi connectivity index (χ2n) is 14.1. The van der Waals surface area contributed by atoms with Gasteiger partial charge in [-0.3, -0.25) is 4.79 Å². The Morgan fingerprint density at radius 3 is 2.26 bits per heavy atom. The van der Waals surface area contributed by atoms with Crippen LogP contribution < -0.4 is 0 Å². The normalized spacial score (nSPS) is 41.1. The molecule has 2 aromatic rings. The molecule has 4 saturated carbocycles. The SMILES string of the molecule is CC(=O)[C@H]1CC[C@H]2[C@@H]3CC[C@H]4C[C@@](O)(CC(c5ccccc5)[S+]([O-])c5ccccc5)CC[C@]4(C)[C@H]3CC[C@]12C. The van der Waals surface area contributed by atoms with E-state index in [4.69, 9.17) is 0 Å². The number of hydrogen-bond acceptors (Lipinski definition) is 3. The van der Waals surface area contributed by atoms with E-state index in [0.717, 1.165) is 42.1 Å². The van der Waals surface area contributed by atoms with Crippen LogP contribution in [0.5, 0.6) is 0 Å².